The van der Waals surface area contributed by atoms with E-state index in [0.717, 1.165) is 5.56 Å². The Labute approximate surface area is 164 Å². The minimum Gasteiger partial charge on any atom is -0.383 e. The molecule has 0 heterocycles. The molecule has 0 spiro atoms. The van der Waals surface area contributed by atoms with Gasteiger partial charge in [-0.1, -0.05) is 29.8 Å². The van der Waals surface area contributed by atoms with Crippen molar-refractivity contribution in [2.45, 2.75) is 37.9 Å². The number of ether oxygens (including phenoxy) is 1. The lowest BCUT2D eigenvalue weighted by molar-refractivity contribution is -0.143. The number of hydrogen-bond donors (Lipinski definition) is 2. The Bertz CT molecular complexity index is 785. The third-order valence-corrected chi connectivity index (χ3v) is 4.40. The molecule has 0 saturated carbocycles. The van der Waals surface area contributed by atoms with Crippen molar-refractivity contribution in [3.05, 3.63) is 70.3 Å². The molecule has 3 N–H and O–H groups in total. The van der Waals surface area contributed by atoms with Crippen molar-refractivity contribution in [3.8, 4) is 0 Å². The smallest absolute Gasteiger partial charge is 0.383 e. The summed E-state index contributed by atoms with van der Waals surface area (Å²) >= 11 is 0. The maximum atomic E-state index is 12.9. The monoisotopic (exact) mass is 421 g/mol. The normalized spacial score (nSPS) is 14.7. The highest BCUT2D eigenvalue weighted by molar-refractivity contribution is 5.33. The Morgan fingerprint density at radius 1 is 0.862 bits per heavy atom. The van der Waals surface area contributed by atoms with Crippen molar-refractivity contribution in [2.24, 2.45) is 5.73 Å². The Kier molecular flexibility index (Phi) is 6.97. The predicted molar refractivity (Wildman–Crippen MR) is 94.8 cm³/mol. The molecule has 0 fully saturated rings. The number of hydrogen-bond acceptors (Lipinski definition) is 3. The van der Waals surface area contributed by atoms with Crippen LogP contribution in [0.2, 0.25) is 0 Å². The molecule has 2 aromatic carbocycles. The molecule has 3 nitrogen and oxygen atoms in total. The molecule has 0 radical (unpaired) electrons. The van der Waals surface area contributed by atoms with E-state index in [9.17, 15) is 31.4 Å². The van der Waals surface area contributed by atoms with E-state index in [-0.39, 0.29) is 31.2 Å². The summed E-state index contributed by atoms with van der Waals surface area (Å²) in [6, 6.07) is 8.12. The number of benzene rings is 2. The van der Waals surface area contributed by atoms with Crippen LogP contribution < -0.4 is 5.73 Å². The molecule has 0 aliphatic rings. The van der Waals surface area contributed by atoms with Gasteiger partial charge in [0, 0.05) is 0 Å². The van der Waals surface area contributed by atoms with E-state index in [1.165, 1.54) is 0 Å². The van der Waals surface area contributed by atoms with Crippen molar-refractivity contribution in [1.82, 2.24) is 0 Å². The van der Waals surface area contributed by atoms with Crippen LogP contribution in [0.1, 0.15) is 34.2 Å². The lowest BCUT2D eigenvalue weighted by Gasteiger charge is -2.28. The van der Waals surface area contributed by atoms with Gasteiger partial charge >= 0.3 is 12.4 Å². The Morgan fingerprint density at radius 2 is 1.38 bits per heavy atom. The highest BCUT2D eigenvalue weighted by Crippen LogP contribution is 2.36. The zero-order valence-corrected chi connectivity index (χ0v) is 15.6. The lowest BCUT2D eigenvalue weighted by Crippen LogP contribution is -2.34. The second-order valence-corrected chi connectivity index (χ2v) is 6.84. The van der Waals surface area contributed by atoms with Crippen LogP contribution in [-0.4, -0.2) is 18.3 Å². The van der Waals surface area contributed by atoms with Gasteiger partial charge in [0.15, 0.2) is 0 Å². The van der Waals surface area contributed by atoms with E-state index >= 15 is 0 Å². The second kappa shape index (κ2) is 8.73. The Balaban J connectivity index is 2.22. The van der Waals surface area contributed by atoms with E-state index < -0.39 is 35.7 Å². The molecule has 0 saturated heterocycles. The second-order valence-electron chi connectivity index (χ2n) is 6.84. The summed E-state index contributed by atoms with van der Waals surface area (Å²) in [7, 11) is 0. The average molecular weight is 421 g/mol. The van der Waals surface area contributed by atoms with Crippen LogP contribution in [0, 0.1) is 6.92 Å². The first-order valence-corrected chi connectivity index (χ1v) is 8.71. The summed E-state index contributed by atoms with van der Waals surface area (Å²) in [6.45, 7) is 1.08. The van der Waals surface area contributed by atoms with E-state index in [1.54, 1.807) is 24.3 Å². The largest absolute Gasteiger partial charge is 0.416 e. The summed E-state index contributed by atoms with van der Waals surface area (Å²) in [5.41, 5.74) is 2.33. The van der Waals surface area contributed by atoms with Gasteiger partial charge in [0.05, 0.1) is 24.3 Å². The molecule has 29 heavy (non-hydrogen) atoms. The van der Waals surface area contributed by atoms with Gasteiger partial charge in [0.2, 0.25) is 0 Å². The van der Waals surface area contributed by atoms with Crippen LogP contribution in [0.15, 0.2) is 42.5 Å². The third-order valence-electron chi connectivity index (χ3n) is 4.40. The van der Waals surface area contributed by atoms with Crippen LogP contribution in [0.5, 0.6) is 0 Å². The fraction of sp³-hybridized carbons (Fsp3) is 0.400. The summed E-state index contributed by atoms with van der Waals surface area (Å²) in [6.07, 6.45) is -9.76. The number of alkyl halides is 6. The SMILES string of the molecule is Cc1ccc(C(O)(CCN)COCc2cc(C(F)(F)F)cc(C(F)(F)F)c2)cc1. The van der Waals surface area contributed by atoms with Gasteiger partial charge in [0.25, 0.3) is 0 Å². The summed E-state index contributed by atoms with van der Waals surface area (Å²) in [4.78, 5) is 0. The number of rotatable bonds is 7. The number of nitrogens with two attached hydrogens (primary N) is 1. The van der Waals surface area contributed by atoms with Crippen molar-refractivity contribution in [3.63, 3.8) is 0 Å². The fourth-order valence-electron chi connectivity index (χ4n) is 2.84. The summed E-state index contributed by atoms with van der Waals surface area (Å²) < 4.78 is 83.0. The van der Waals surface area contributed by atoms with Crippen LogP contribution in [-0.2, 0) is 29.3 Å². The van der Waals surface area contributed by atoms with Gasteiger partial charge in [-0.2, -0.15) is 26.3 Å². The number of aryl methyl sites for hydroxylation is 1. The first-order valence-electron chi connectivity index (χ1n) is 8.71. The maximum Gasteiger partial charge on any atom is 0.416 e. The molecule has 0 aliphatic heterocycles. The molecule has 0 amide bonds. The number of halogens is 6. The molecule has 160 valence electrons. The van der Waals surface area contributed by atoms with Gasteiger partial charge < -0.3 is 15.6 Å². The van der Waals surface area contributed by atoms with Gasteiger partial charge in [-0.3, -0.25) is 0 Å². The van der Waals surface area contributed by atoms with Crippen LogP contribution >= 0.6 is 0 Å². The van der Waals surface area contributed by atoms with Gasteiger partial charge in [-0.15, -0.1) is 0 Å². The average Bonchev–Trinajstić information content (AvgIpc) is 2.60. The summed E-state index contributed by atoms with van der Waals surface area (Å²) in [5.74, 6) is 0. The minimum absolute atomic E-state index is 0.0561. The molecule has 2 rings (SSSR count). The first kappa shape index (κ1) is 23.2. The first-order chi connectivity index (χ1) is 13.3. The van der Waals surface area contributed by atoms with Crippen molar-refractivity contribution < 1.29 is 36.2 Å². The van der Waals surface area contributed by atoms with Crippen LogP contribution in [0.4, 0.5) is 26.3 Å². The molecule has 1 atom stereocenters. The third kappa shape index (κ3) is 6.19. The zero-order valence-electron chi connectivity index (χ0n) is 15.6. The van der Waals surface area contributed by atoms with E-state index in [1.807, 2.05) is 6.92 Å². The topological polar surface area (TPSA) is 55.5 Å². The van der Waals surface area contributed by atoms with Gasteiger partial charge in [-0.25, -0.2) is 0 Å². The molecule has 2 aromatic rings. The quantitative estimate of drug-likeness (QED) is 0.633. The minimum atomic E-state index is -4.93. The van der Waals surface area contributed by atoms with E-state index in [2.05, 4.69) is 0 Å². The molecule has 0 aromatic heterocycles. The lowest BCUT2D eigenvalue weighted by atomic mass is 9.90. The van der Waals surface area contributed by atoms with Crippen molar-refractivity contribution in [2.75, 3.05) is 13.2 Å². The highest BCUT2D eigenvalue weighted by Gasteiger charge is 2.37. The van der Waals surface area contributed by atoms with Gasteiger partial charge in [-0.05, 0) is 49.2 Å². The standard InChI is InChI=1S/C20H21F6NO2/c1-13-2-4-15(5-3-13)18(28,6-7-27)12-29-11-14-8-16(19(21,22)23)10-17(9-14)20(24,25)26/h2-5,8-10,28H,6-7,11-12,27H2,1H3. The summed E-state index contributed by atoms with van der Waals surface area (Å²) in [5, 5.41) is 10.9. The molecule has 0 aliphatic carbocycles. The molecule has 0 bridgehead atoms. The van der Waals surface area contributed by atoms with E-state index in [0.29, 0.717) is 17.7 Å². The van der Waals surface area contributed by atoms with Crippen LogP contribution in [0.3, 0.4) is 0 Å². The Morgan fingerprint density at radius 3 is 1.83 bits per heavy atom. The molecular formula is C20H21F6NO2. The maximum absolute atomic E-state index is 12.9. The predicted octanol–water partition coefficient (Wildman–Crippen LogP) is 4.79. The van der Waals surface area contributed by atoms with E-state index in [4.69, 9.17) is 10.5 Å². The number of aliphatic hydroxyl groups is 1. The van der Waals surface area contributed by atoms with Crippen molar-refractivity contribution >= 4 is 0 Å². The zero-order chi connectivity index (χ0) is 21.9. The fourth-order valence-corrected chi connectivity index (χ4v) is 2.84. The van der Waals surface area contributed by atoms with Crippen molar-refractivity contribution in [1.29, 1.82) is 0 Å². The highest BCUT2D eigenvalue weighted by atomic mass is 19.4. The molecular weight excluding hydrogens is 400 g/mol. The Hall–Kier alpha value is -2.10. The molecule has 9 heteroatoms. The van der Waals surface area contributed by atoms with Gasteiger partial charge in [0.1, 0.15) is 5.60 Å². The van der Waals surface area contributed by atoms with Crippen LogP contribution in [0.25, 0.3) is 0 Å². The molecule has 1 unspecified atom stereocenters.